The SMILES string of the molecule is COc1cccc(NC(=O)C(Nc2ccc(-c3csc(C)n3)cc2)c2ccccc2)c1. The minimum Gasteiger partial charge on any atom is -0.497 e. The number of aryl methyl sites for hydroxylation is 1. The molecule has 0 spiro atoms. The number of carbonyl (C=O) groups excluding carboxylic acids is 1. The van der Waals surface area contributed by atoms with Crippen molar-refractivity contribution >= 4 is 28.6 Å². The van der Waals surface area contributed by atoms with E-state index in [2.05, 4.69) is 15.6 Å². The van der Waals surface area contributed by atoms with Gasteiger partial charge in [-0.15, -0.1) is 11.3 Å². The molecule has 0 bridgehead atoms. The summed E-state index contributed by atoms with van der Waals surface area (Å²) in [6.45, 7) is 2.00. The lowest BCUT2D eigenvalue weighted by Crippen LogP contribution is -2.27. The van der Waals surface area contributed by atoms with Crippen molar-refractivity contribution in [3.05, 3.63) is 94.8 Å². The Labute approximate surface area is 185 Å². The van der Waals surface area contributed by atoms with Crippen molar-refractivity contribution in [2.45, 2.75) is 13.0 Å². The second kappa shape index (κ2) is 9.45. The Bertz CT molecular complexity index is 1160. The molecule has 1 heterocycles. The zero-order valence-electron chi connectivity index (χ0n) is 17.3. The molecule has 4 aromatic rings. The van der Waals surface area contributed by atoms with E-state index in [0.29, 0.717) is 11.4 Å². The molecular formula is C25H23N3O2S. The Morgan fingerprint density at radius 3 is 2.42 bits per heavy atom. The second-order valence-electron chi connectivity index (χ2n) is 7.04. The Morgan fingerprint density at radius 1 is 0.968 bits per heavy atom. The van der Waals surface area contributed by atoms with E-state index in [9.17, 15) is 4.79 Å². The molecule has 0 saturated heterocycles. The van der Waals surface area contributed by atoms with Crippen LogP contribution in [-0.2, 0) is 4.79 Å². The molecule has 2 N–H and O–H groups in total. The molecule has 1 unspecified atom stereocenters. The highest BCUT2D eigenvalue weighted by atomic mass is 32.1. The van der Waals surface area contributed by atoms with Crippen LogP contribution in [0.2, 0.25) is 0 Å². The van der Waals surface area contributed by atoms with Crippen LogP contribution in [-0.4, -0.2) is 18.0 Å². The smallest absolute Gasteiger partial charge is 0.251 e. The van der Waals surface area contributed by atoms with Gasteiger partial charge >= 0.3 is 0 Å². The zero-order valence-corrected chi connectivity index (χ0v) is 18.1. The topological polar surface area (TPSA) is 63.2 Å². The van der Waals surface area contributed by atoms with Crippen LogP contribution in [0.15, 0.2) is 84.2 Å². The minimum absolute atomic E-state index is 0.154. The van der Waals surface area contributed by atoms with E-state index in [1.165, 1.54) is 0 Å². The summed E-state index contributed by atoms with van der Waals surface area (Å²) in [5.41, 5.74) is 4.42. The summed E-state index contributed by atoms with van der Waals surface area (Å²) in [6, 6.07) is 24.4. The van der Waals surface area contributed by atoms with Crippen LogP contribution in [0.1, 0.15) is 16.6 Å². The molecular weight excluding hydrogens is 406 g/mol. The number of nitrogens with one attached hydrogen (secondary N) is 2. The monoisotopic (exact) mass is 429 g/mol. The van der Waals surface area contributed by atoms with Gasteiger partial charge in [-0.05, 0) is 36.8 Å². The summed E-state index contributed by atoms with van der Waals surface area (Å²) < 4.78 is 5.26. The molecule has 6 heteroatoms. The van der Waals surface area contributed by atoms with Crippen molar-refractivity contribution in [2.24, 2.45) is 0 Å². The Balaban J connectivity index is 1.56. The number of hydrogen-bond acceptors (Lipinski definition) is 5. The first-order chi connectivity index (χ1) is 15.1. The largest absolute Gasteiger partial charge is 0.497 e. The second-order valence-corrected chi connectivity index (χ2v) is 8.10. The van der Waals surface area contributed by atoms with Crippen molar-refractivity contribution in [1.82, 2.24) is 4.98 Å². The summed E-state index contributed by atoms with van der Waals surface area (Å²) in [5, 5.41) is 9.44. The number of rotatable bonds is 7. The van der Waals surface area contributed by atoms with E-state index in [1.54, 1.807) is 24.5 Å². The molecule has 4 rings (SSSR count). The zero-order chi connectivity index (χ0) is 21.6. The molecule has 31 heavy (non-hydrogen) atoms. The van der Waals surface area contributed by atoms with Crippen LogP contribution in [0.25, 0.3) is 11.3 Å². The lowest BCUT2D eigenvalue weighted by Gasteiger charge is -2.20. The van der Waals surface area contributed by atoms with Crippen LogP contribution in [0.5, 0.6) is 5.75 Å². The van der Waals surface area contributed by atoms with Gasteiger partial charge in [-0.1, -0.05) is 48.5 Å². The molecule has 3 aromatic carbocycles. The van der Waals surface area contributed by atoms with Gasteiger partial charge in [-0.2, -0.15) is 0 Å². The average Bonchev–Trinajstić information content (AvgIpc) is 3.24. The number of ether oxygens (including phenoxy) is 1. The Kier molecular flexibility index (Phi) is 6.29. The summed E-state index contributed by atoms with van der Waals surface area (Å²) in [4.78, 5) is 17.7. The van der Waals surface area contributed by atoms with E-state index in [4.69, 9.17) is 4.74 Å². The van der Waals surface area contributed by atoms with E-state index in [1.807, 2.05) is 85.1 Å². The van der Waals surface area contributed by atoms with Gasteiger partial charge in [-0.25, -0.2) is 4.98 Å². The van der Waals surface area contributed by atoms with E-state index < -0.39 is 6.04 Å². The third kappa shape index (κ3) is 5.10. The molecule has 0 saturated carbocycles. The number of methoxy groups -OCH3 is 1. The number of thiazole rings is 1. The number of benzene rings is 3. The highest BCUT2D eigenvalue weighted by Crippen LogP contribution is 2.26. The molecule has 1 amide bonds. The van der Waals surface area contributed by atoms with E-state index in [0.717, 1.165) is 27.5 Å². The first-order valence-electron chi connectivity index (χ1n) is 9.91. The molecule has 0 aliphatic heterocycles. The van der Waals surface area contributed by atoms with Crippen molar-refractivity contribution in [2.75, 3.05) is 17.7 Å². The maximum Gasteiger partial charge on any atom is 0.251 e. The van der Waals surface area contributed by atoms with Gasteiger partial charge < -0.3 is 15.4 Å². The van der Waals surface area contributed by atoms with Gasteiger partial charge in [0.05, 0.1) is 17.8 Å². The number of nitrogens with zero attached hydrogens (tertiary/aromatic N) is 1. The lowest BCUT2D eigenvalue weighted by atomic mass is 10.0. The van der Waals surface area contributed by atoms with E-state index >= 15 is 0 Å². The molecule has 1 atom stereocenters. The fraction of sp³-hybridized carbons (Fsp3) is 0.120. The lowest BCUT2D eigenvalue weighted by molar-refractivity contribution is -0.117. The predicted molar refractivity (Wildman–Crippen MR) is 127 cm³/mol. The van der Waals surface area contributed by atoms with Crippen LogP contribution in [0.4, 0.5) is 11.4 Å². The van der Waals surface area contributed by atoms with Crippen LogP contribution in [0.3, 0.4) is 0 Å². The summed E-state index contributed by atoms with van der Waals surface area (Å²) in [7, 11) is 1.60. The van der Waals surface area contributed by atoms with Crippen molar-refractivity contribution in [1.29, 1.82) is 0 Å². The molecule has 156 valence electrons. The highest BCUT2D eigenvalue weighted by molar-refractivity contribution is 7.09. The third-order valence-electron chi connectivity index (χ3n) is 4.84. The van der Waals surface area contributed by atoms with Crippen LogP contribution < -0.4 is 15.4 Å². The van der Waals surface area contributed by atoms with Crippen molar-refractivity contribution in [3.8, 4) is 17.0 Å². The Hall–Kier alpha value is -3.64. The Morgan fingerprint density at radius 2 is 1.74 bits per heavy atom. The normalized spacial score (nSPS) is 11.5. The number of carbonyl (C=O) groups is 1. The number of hydrogen-bond donors (Lipinski definition) is 2. The van der Waals surface area contributed by atoms with Crippen LogP contribution in [0, 0.1) is 6.92 Å². The van der Waals surface area contributed by atoms with Gasteiger partial charge in [0.25, 0.3) is 5.91 Å². The highest BCUT2D eigenvalue weighted by Gasteiger charge is 2.21. The van der Waals surface area contributed by atoms with Gasteiger partial charge in [0.15, 0.2) is 0 Å². The van der Waals surface area contributed by atoms with E-state index in [-0.39, 0.29) is 5.91 Å². The first-order valence-corrected chi connectivity index (χ1v) is 10.8. The summed E-state index contributed by atoms with van der Waals surface area (Å²) >= 11 is 1.63. The molecule has 1 aromatic heterocycles. The maximum atomic E-state index is 13.2. The van der Waals surface area contributed by atoms with Crippen molar-refractivity contribution < 1.29 is 9.53 Å². The summed E-state index contributed by atoms with van der Waals surface area (Å²) in [6.07, 6.45) is 0. The molecule has 0 fully saturated rings. The quantitative estimate of drug-likeness (QED) is 0.383. The molecule has 0 aliphatic carbocycles. The third-order valence-corrected chi connectivity index (χ3v) is 5.62. The number of anilines is 2. The predicted octanol–water partition coefficient (Wildman–Crippen LogP) is 5.92. The fourth-order valence-corrected chi connectivity index (χ4v) is 3.88. The van der Waals surface area contributed by atoms with Crippen molar-refractivity contribution in [3.63, 3.8) is 0 Å². The maximum absolute atomic E-state index is 13.2. The molecule has 0 radical (unpaired) electrons. The van der Waals surface area contributed by atoms with Gasteiger partial charge in [0.2, 0.25) is 0 Å². The molecule has 5 nitrogen and oxygen atoms in total. The van der Waals surface area contributed by atoms with Gasteiger partial charge in [0, 0.05) is 28.4 Å². The standard InChI is InChI=1S/C25H23N3O2S/c1-17-26-23(16-31-17)18-11-13-20(14-12-18)27-24(19-7-4-3-5-8-19)25(29)28-21-9-6-10-22(15-21)30-2/h3-16,24,27H,1-2H3,(H,28,29). The number of aromatic nitrogens is 1. The fourth-order valence-electron chi connectivity index (χ4n) is 3.26. The first kappa shape index (κ1) is 20.6. The average molecular weight is 430 g/mol. The van der Waals surface area contributed by atoms with Crippen LogP contribution >= 0.6 is 11.3 Å². The van der Waals surface area contributed by atoms with Gasteiger partial charge in [0.1, 0.15) is 11.8 Å². The minimum atomic E-state index is -0.556. The van der Waals surface area contributed by atoms with Gasteiger partial charge in [-0.3, -0.25) is 4.79 Å². The number of amides is 1. The molecule has 0 aliphatic rings. The summed E-state index contributed by atoms with van der Waals surface area (Å²) in [5.74, 6) is 0.536.